The molecule has 1 aliphatic rings. The van der Waals surface area contributed by atoms with E-state index in [1.54, 1.807) is 0 Å². The van der Waals surface area contributed by atoms with Crippen LogP contribution in [0, 0.1) is 6.92 Å². The maximum absolute atomic E-state index is 6.14. The Bertz CT molecular complexity index is 356. The van der Waals surface area contributed by atoms with Crippen molar-refractivity contribution in [2.45, 2.75) is 38.6 Å². The van der Waals surface area contributed by atoms with Gasteiger partial charge < -0.3 is 10.5 Å². The highest BCUT2D eigenvalue weighted by Gasteiger charge is 2.38. The van der Waals surface area contributed by atoms with Crippen LogP contribution >= 0.6 is 0 Å². The fourth-order valence-electron chi connectivity index (χ4n) is 1.86. The standard InChI is InChI=1S/C13H19NO/c1-3-15-12-5-4-10(2)8-11(12)9-13(14)6-7-13/h4-5,8H,3,6-7,9,14H2,1-2H3. The molecule has 0 bridgehead atoms. The molecule has 0 unspecified atom stereocenters. The topological polar surface area (TPSA) is 35.2 Å². The van der Waals surface area contributed by atoms with Gasteiger partial charge >= 0.3 is 0 Å². The maximum atomic E-state index is 6.14. The van der Waals surface area contributed by atoms with E-state index in [9.17, 15) is 0 Å². The SMILES string of the molecule is CCOc1ccc(C)cc1CC1(N)CC1. The van der Waals surface area contributed by atoms with Crippen LogP contribution in [0.4, 0.5) is 0 Å². The Hall–Kier alpha value is -1.02. The molecule has 2 N–H and O–H groups in total. The Morgan fingerprint density at radius 3 is 2.73 bits per heavy atom. The Morgan fingerprint density at radius 1 is 1.40 bits per heavy atom. The second kappa shape index (κ2) is 3.86. The highest BCUT2D eigenvalue weighted by atomic mass is 16.5. The van der Waals surface area contributed by atoms with E-state index in [0.29, 0.717) is 6.61 Å². The van der Waals surface area contributed by atoms with Gasteiger partial charge in [0.1, 0.15) is 5.75 Å². The summed E-state index contributed by atoms with van der Waals surface area (Å²) in [5.41, 5.74) is 8.73. The number of aryl methyl sites for hydroxylation is 1. The summed E-state index contributed by atoms with van der Waals surface area (Å²) in [5, 5.41) is 0. The lowest BCUT2D eigenvalue weighted by atomic mass is 10.0. The Balaban J connectivity index is 2.21. The molecule has 15 heavy (non-hydrogen) atoms. The molecular formula is C13H19NO. The van der Waals surface area contributed by atoms with E-state index in [4.69, 9.17) is 10.5 Å². The van der Waals surface area contributed by atoms with Crippen molar-refractivity contribution in [3.8, 4) is 5.75 Å². The number of nitrogens with two attached hydrogens (primary N) is 1. The van der Waals surface area contributed by atoms with Crippen molar-refractivity contribution in [1.29, 1.82) is 0 Å². The Kier molecular flexibility index (Phi) is 2.70. The maximum Gasteiger partial charge on any atom is 0.122 e. The molecule has 2 heteroatoms. The van der Waals surface area contributed by atoms with E-state index in [0.717, 1.165) is 25.0 Å². The number of benzene rings is 1. The van der Waals surface area contributed by atoms with Crippen LogP contribution in [-0.4, -0.2) is 12.1 Å². The smallest absolute Gasteiger partial charge is 0.122 e. The first-order chi connectivity index (χ1) is 7.13. The lowest BCUT2D eigenvalue weighted by Gasteiger charge is -2.14. The van der Waals surface area contributed by atoms with Crippen LogP contribution in [0.5, 0.6) is 5.75 Å². The van der Waals surface area contributed by atoms with Gasteiger partial charge in [0.05, 0.1) is 6.61 Å². The van der Waals surface area contributed by atoms with Gasteiger partial charge in [-0.3, -0.25) is 0 Å². The summed E-state index contributed by atoms with van der Waals surface area (Å²) in [5.74, 6) is 1.000. The van der Waals surface area contributed by atoms with Crippen LogP contribution in [0.2, 0.25) is 0 Å². The van der Waals surface area contributed by atoms with Crippen LogP contribution in [0.25, 0.3) is 0 Å². The number of hydrogen-bond donors (Lipinski definition) is 1. The molecule has 2 nitrogen and oxygen atoms in total. The molecule has 0 saturated heterocycles. The van der Waals surface area contributed by atoms with Crippen LogP contribution in [0.15, 0.2) is 18.2 Å². The Labute approximate surface area is 91.4 Å². The van der Waals surface area contributed by atoms with Gasteiger partial charge in [0.2, 0.25) is 0 Å². The second-order valence-corrected chi connectivity index (χ2v) is 4.58. The molecule has 0 amide bonds. The molecule has 1 fully saturated rings. The molecule has 1 aromatic rings. The Morgan fingerprint density at radius 2 is 2.13 bits per heavy atom. The summed E-state index contributed by atoms with van der Waals surface area (Å²) >= 11 is 0. The lowest BCUT2D eigenvalue weighted by Crippen LogP contribution is -2.24. The fourth-order valence-corrected chi connectivity index (χ4v) is 1.86. The molecule has 2 rings (SSSR count). The largest absolute Gasteiger partial charge is 0.494 e. The number of ether oxygens (including phenoxy) is 1. The summed E-state index contributed by atoms with van der Waals surface area (Å²) in [6.45, 7) is 4.84. The third-order valence-corrected chi connectivity index (χ3v) is 2.95. The second-order valence-electron chi connectivity index (χ2n) is 4.58. The van der Waals surface area contributed by atoms with Crippen LogP contribution in [-0.2, 0) is 6.42 Å². The van der Waals surface area contributed by atoms with Crippen molar-refractivity contribution >= 4 is 0 Å². The fraction of sp³-hybridized carbons (Fsp3) is 0.538. The molecular weight excluding hydrogens is 186 g/mol. The normalized spacial score (nSPS) is 17.5. The van der Waals surface area contributed by atoms with Gasteiger partial charge in [-0.05, 0) is 44.7 Å². The predicted molar refractivity (Wildman–Crippen MR) is 62.2 cm³/mol. The summed E-state index contributed by atoms with van der Waals surface area (Å²) in [4.78, 5) is 0. The van der Waals surface area contributed by atoms with Crippen LogP contribution in [0.1, 0.15) is 30.9 Å². The zero-order chi connectivity index (χ0) is 10.9. The van der Waals surface area contributed by atoms with E-state index in [-0.39, 0.29) is 5.54 Å². The minimum Gasteiger partial charge on any atom is -0.494 e. The van der Waals surface area contributed by atoms with Gasteiger partial charge in [-0.15, -0.1) is 0 Å². The molecule has 1 saturated carbocycles. The van der Waals surface area contributed by atoms with E-state index < -0.39 is 0 Å². The molecule has 0 radical (unpaired) electrons. The molecule has 0 heterocycles. The van der Waals surface area contributed by atoms with Crippen LogP contribution in [0.3, 0.4) is 0 Å². The number of hydrogen-bond acceptors (Lipinski definition) is 2. The molecule has 0 aliphatic heterocycles. The van der Waals surface area contributed by atoms with E-state index >= 15 is 0 Å². The average molecular weight is 205 g/mol. The quantitative estimate of drug-likeness (QED) is 0.819. The average Bonchev–Trinajstić information content (AvgIpc) is 2.89. The van der Waals surface area contributed by atoms with E-state index in [1.165, 1.54) is 11.1 Å². The van der Waals surface area contributed by atoms with E-state index in [1.807, 2.05) is 6.92 Å². The third-order valence-electron chi connectivity index (χ3n) is 2.95. The van der Waals surface area contributed by atoms with Crippen molar-refractivity contribution in [3.05, 3.63) is 29.3 Å². The monoisotopic (exact) mass is 205 g/mol. The molecule has 1 aromatic carbocycles. The summed E-state index contributed by atoms with van der Waals surface area (Å²) in [7, 11) is 0. The van der Waals surface area contributed by atoms with Crippen molar-refractivity contribution in [1.82, 2.24) is 0 Å². The van der Waals surface area contributed by atoms with Gasteiger partial charge in [0, 0.05) is 5.54 Å². The first-order valence-electron chi connectivity index (χ1n) is 5.64. The number of rotatable bonds is 4. The molecule has 0 atom stereocenters. The highest BCUT2D eigenvalue weighted by molar-refractivity contribution is 5.38. The van der Waals surface area contributed by atoms with Crippen LogP contribution < -0.4 is 10.5 Å². The lowest BCUT2D eigenvalue weighted by molar-refractivity contribution is 0.335. The first-order valence-corrected chi connectivity index (χ1v) is 5.64. The van der Waals surface area contributed by atoms with Gasteiger partial charge in [0.25, 0.3) is 0 Å². The minimum atomic E-state index is 0.0552. The van der Waals surface area contributed by atoms with Gasteiger partial charge in [-0.1, -0.05) is 17.7 Å². The minimum absolute atomic E-state index is 0.0552. The van der Waals surface area contributed by atoms with Gasteiger partial charge in [-0.2, -0.15) is 0 Å². The van der Waals surface area contributed by atoms with Gasteiger partial charge in [-0.25, -0.2) is 0 Å². The molecule has 1 aliphatic carbocycles. The van der Waals surface area contributed by atoms with Gasteiger partial charge in [0.15, 0.2) is 0 Å². The summed E-state index contributed by atoms with van der Waals surface area (Å²) < 4.78 is 5.61. The molecule has 0 spiro atoms. The van der Waals surface area contributed by atoms with Crippen molar-refractivity contribution < 1.29 is 4.74 Å². The zero-order valence-corrected chi connectivity index (χ0v) is 9.55. The van der Waals surface area contributed by atoms with Crippen molar-refractivity contribution in [2.75, 3.05) is 6.61 Å². The van der Waals surface area contributed by atoms with Crippen molar-refractivity contribution in [3.63, 3.8) is 0 Å². The van der Waals surface area contributed by atoms with E-state index in [2.05, 4.69) is 25.1 Å². The summed E-state index contributed by atoms with van der Waals surface area (Å²) in [6.07, 6.45) is 3.24. The zero-order valence-electron chi connectivity index (χ0n) is 9.55. The predicted octanol–water partition coefficient (Wildman–Crippen LogP) is 2.43. The third kappa shape index (κ3) is 2.51. The van der Waals surface area contributed by atoms with Crippen molar-refractivity contribution in [2.24, 2.45) is 5.73 Å². The summed E-state index contributed by atoms with van der Waals surface area (Å²) in [6, 6.07) is 6.34. The highest BCUT2D eigenvalue weighted by Crippen LogP contribution is 2.37. The molecule has 82 valence electrons. The first kappa shape index (κ1) is 10.5. The molecule has 0 aromatic heterocycles.